The lowest BCUT2D eigenvalue weighted by Gasteiger charge is -2.07. The van der Waals surface area contributed by atoms with Crippen molar-refractivity contribution in [3.63, 3.8) is 0 Å². The first kappa shape index (κ1) is 10.2. The quantitative estimate of drug-likeness (QED) is 0.830. The van der Waals surface area contributed by atoms with Crippen molar-refractivity contribution in [2.24, 2.45) is 5.73 Å². The van der Waals surface area contributed by atoms with E-state index in [1.165, 1.54) is 10.9 Å². The molecule has 0 amide bonds. The van der Waals surface area contributed by atoms with E-state index in [9.17, 15) is 0 Å². The predicted octanol–water partition coefficient (Wildman–Crippen LogP) is 2.12. The fourth-order valence-electron chi connectivity index (χ4n) is 1.90. The molecular formula is C12H17N3. The molecule has 0 saturated carbocycles. The number of hydrogen-bond donors (Lipinski definition) is 1. The van der Waals surface area contributed by atoms with E-state index in [2.05, 4.69) is 35.7 Å². The van der Waals surface area contributed by atoms with E-state index in [1.807, 2.05) is 12.3 Å². The van der Waals surface area contributed by atoms with Gasteiger partial charge in [0.05, 0.1) is 0 Å². The molecule has 2 aromatic heterocycles. The number of pyridine rings is 1. The first-order valence-corrected chi connectivity index (χ1v) is 5.38. The van der Waals surface area contributed by atoms with E-state index in [4.69, 9.17) is 5.73 Å². The summed E-state index contributed by atoms with van der Waals surface area (Å²) >= 11 is 0. The van der Waals surface area contributed by atoms with Crippen molar-refractivity contribution in [1.29, 1.82) is 0 Å². The maximum atomic E-state index is 5.61. The van der Waals surface area contributed by atoms with Crippen LogP contribution in [0.15, 0.2) is 24.5 Å². The van der Waals surface area contributed by atoms with Crippen molar-refractivity contribution in [2.45, 2.75) is 26.3 Å². The minimum absolute atomic E-state index is 0.439. The maximum absolute atomic E-state index is 5.61. The van der Waals surface area contributed by atoms with Crippen molar-refractivity contribution in [1.82, 2.24) is 9.55 Å². The largest absolute Gasteiger partial charge is 0.330 e. The van der Waals surface area contributed by atoms with Crippen molar-refractivity contribution in [2.75, 3.05) is 6.54 Å². The SMILES string of the molecule is CC(C)n1cc(CCN)c2cccnc21. The van der Waals surface area contributed by atoms with Crippen LogP contribution >= 0.6 is 0 Å². The molecule has 2 rings (SSSR count). The van der Waals surface area contributed by atoms with Crippen LogP contribution in [-0.4, -0.2) is 16.1 Å². The van der Waals surface area contributed by atoms with Gasteiger partial charge < -0.3 is 10.3 Å². The molecule has 0 fully saturated rings. The Balaban J connectivity index is 2.62. The molecule has 2 N–H and O–H groups in total. The van der Waals surface area contributed by atoms with E-state index in [-0.39, 0.29) is 0 Å². The highest BCUT2D eigenvalue weighted by Crippen LogP contribution is 2.22. The first-order valence-electron chi connectivity index (χ1n) is 5.38. The van der Waals surface area contributed by atoms with Crippen LogP contribution in [0.4, 0.5) is 0 Å². The minimum Gasteiger partial charge on any atom is -0.330 e. The highest BCUT2D eigenvalue weighted by atomic mass is 15.0. The Morgan fingerprint density at radius 1 is 1.47 bits per heavy atom. The number of nitrogens with two attached hydrogens (primary N) is 1. The Labute approximate surface area is 89.9 Å². The molecule has 0 radical (unpaired) electrons. The average Bonchev–Trinajstić information content (AvgIpc) is 2.59. The topological polar surface area (TPSA) is 43.8 Å². The summed E-state index contributed by atoms with van der Waals surface area (Å²) in [6.07, 6.45) is 4.94. The molecule has 3 heteroatoms. The van der Waals surface area contributed by atoms with E-state index in [0.29, 0.717) is 12.6 Å². The molecule has 3 nitrogen and oxygen atoms in total. The van der Waals surface area contributed by atoms with E-state index >= 15 is 0 Å². The Kier molecular flexibility index (Phi) is 2.73. The molecule has 0 aliphatic carbocycles. The molecule has 0 atom stereocenters. The van der Waals surface area contributed by atoms with Gasteiger partial charge in [-0.05, 0) is 44.5 Å². The third-order valence-corrected chi connectivity index (χ3v) is 2.64. The van der Waals surface area contributed by atoms with Crippen molar-refractivity contribution in [3.8, 4) is 0 Å². The summed E-state index contributed by atoms with van der Waals surface area (Å²) in [6.45, 7) is 5.02. The van der Waals surface area contributed by atoms with Gasteiger partial charge in [-0.3, -0.25) is 0 Å². The third kappa shape index (κ3) is 1.75. The zero-order chi connectivity index (χ0) is 10.8. The molecule has 0 unspecified atom stereocenters. The van der Waals surface area contributed by atoms with Crippen LogP contribution in [0, 0.1) is 0 Å². The Morgan fingerprint density at radius 3 is 2.93 bits per heavy atom. The molecule has 0 bridgehead atoms. The Hall–Kier alpha value is -1.35. The molecule has 0 aliphatic rings. The van der Waals surface area contributed by atoms with Crippen LogP contribution in [0.3, 0.4) is 0 Å². The van der Waals surface area contributed by atoms with Gasteiger partial charge in [0.25, 0.3) is 0 Å². The van der Waals surface area contributed by atoms with Crippen LogP contribution in [-0.2, 0) is 6.42 Å². The predicted molar refractivity (Wildman–Crippen MR) is 62.9 cm³/mol. The van der Waals surface area contributed by atoms with Gasteiger partial charge in [-0.1, -0.05) is 0 Å². The number of hydrogen-bond acceptors (Lipinski definition) is 2. The van der Waals surface area contributed by atoms with Crippen LogP contribution in [0.1, 0.15) is 25.5 Å². The molecule has 0 aliphatic heterocycles. The standard InChI is InChI=1S/C12H17N3/c1-9(2)15-8-10(5-6-13)11-4-3-7-14-12(11)15/h3-4,7-9H,5-6,13H2,1-2H3. The Morgan fingerprint density at radius 2 is 2.27 bits per heavy atom. The average molecular weight is 203 g/mol. The summed E-state index contributed by atoms with van der Waals surface area (Å²) in [6, 6.07) is 4.54. The lowest BCUT2D eigenvalue weighted by molar-refractivity contribution is 0.616. The third-order valence-electron chi connectivity index (χ3n) is 2.64. The van der Waals surface area contributed by atoms with Gasteiger partial charge in [0.15, 0.2) is 0 Å². The lowest BCUT2D eigenvalue weighted by atomic mass is 10.2. The Bertz CT molecular complexity index is 457. The van der Waals surface area contributed by atoms with Gasteiger partial charge in [0.1, 0.15) is 5.65 Å². The van der Waals surface area contributed by atoms with Gasteiger partial charge in [-0.15, -0.1) is 0 Å². The fraction of sp³-hybridized carbons (Fsp3) is 0.417. The molecule has 0 saturated heterocycles. The number of fused-ring (bicyclic) bond motifs is 1. The molecule has 2 aromatic rings. The summed E-state index contributed by atoms with van der Waals surface area (Å²) in [5.41, 5.74) is 7.97. The summed E-state index contributed by atoms with van der Waals surface area (Å²) in [5.74, 6) is 0. The molecule has 0 spiro atoms. The van der Waals surface area contributed by atoms with E-state index in [1.54, 1.807) is 0 Å². The second kappa shape index (κ2) is 4.03. The van der Waals surface area contributed by atoms with Gasteiger partial charge in [0, 0.05) is 23.8 Å². The zero-order valence-corrected chi connectivity index (χ0v) is 9.27. The van der Waals surface area contributed by atoms with Crippen molar-refractivity contribution < 1.29 is 0 Å². The van der Waals surface area contributed by atoms with Gasteiger partial charge in [-0.2, -0.15) is 0 Å². The number of aromatic nitrogens is 2. The van der Waals surface area contributed by atoms with Crippen LogP contribution in [0.5, 0.6) is 0 Å². The van der Waals surface area contributed by atoms with Gasteiger partial charge >= 0.3 is 0 Å². The number of nitrogens with zero attached hydrogens (tertiary/aromatic N) is 2. The number of rotatable bonds is 3. The second-order valence-corrected chi connectivity index (χ2v) is 4.07. The summed E-state index contributed by atoms with van der Waals surface area (Å²) in [7, 11) is 0. The molecule has 2 heterocycles. The van der Waals surface area contributed by atoms with E-state index < -0.39 is 0 Å². The normalized spacial score (nSPS) is 11.5. The zero-order valence-electron chi connectivity index (χ0n) is 9.27. The second-order valence-electron chi connectivity index (χ2n) is 4.07. The molecule has 0 aromatic carbocycles. The molecule has 15 heavy (non-hydrogen) atoms. The van der Waals surface area contributed by atoms with Crippen LogP contribution in [0.25, 0.3) is 11.0 Å². The summed E-state index contributed by atoms with van der Waals surface area (Å²) < 4.78 is 2.21. The van der Waals surface area contributed by atoms with Crippen molar-refractivity contribution >= 4 is 11.0 Å². The molecular weight excluding hydrogens is 186 g/mol. The highest BCUT2D eigenvalue weighted by molar-refractivity contribution is 5.80. The van der Waals surface area contributed by atoms with Crippen molar-refractivity contribution in [3.05, 3.63) is 30.1 Å². The summed E-state index contributed by atoms with van der Waals surface area (Å²) in [5, 5.41) is 1.23. The van der Waals surface area contributed by atoms with Crippen LogP contribution < -0.4 is 5.73 Å². The lowest BCUT2D eigenvalue weighted by Crippen LogP contribution is -2.02. The molecule has 80 valence electrons. The first-order chi connectivity index (χ1) is 7.24. The van der Waals surface area contributed by atoms with E-state index in [0.717, 1.165) is 12.1 Å². The smallest absolute Gasteiger partial charge is 0.140 e. The van der Waals surface area contributed by atoms with Gasteiger partial charge in [-0.25, -0.2) is 4.98 Å². The highest BCUT2D eigenvalue weighted by Gasteiger charge is 2.09. The summed E-state index contributed by atoms with van der Waals surface area (Å²) in [4.78, 5) is 4.43. The maximum Gasteiger partial charge on any atom is 0.140 e. The van der Waals surface area contributed by atoms with Crippen LogP contribution in [0.2, 0.25) is 0 Å². The monoisotopic (exact) mass is 203 g/mol. The fourth-order valence-corrected chi connectivity index (χ4v) is 1.90. The van der Waals surface area contributed by atoms with Gasteiger partial charge in [0.2, 0.25) is 0 Å². The minimum atomic E-state index is 0.439.